The van der Waals surface area contributed by atoms with Crippen molar-refractivity contribution in [3.63, 3.8) is 0 Å². The molecule has 0 aliphatic heterocycles. The van der Waals surface area contributed by atoms with Gasteiger partial charge in [-0.05, 0) is 56.0 Å². The van der Waals surface area contributed by atoms with Gasteiger partial charge in [0.15, 0.2) is 0 Å². The topological polar surface area (TPSA) is 38.3 Å². The summed E-state index contributed by atoms with van der Waals surface area (Å²) in [6, 6.07) is 14.0. The number of carbonyl (C=O) groups excluding carboxylic acids is 1. The SMILES string of the molecule is COc1ccc(C(=O)NCCCc2cccc(C)c2)cc1C. The van der Waals surface area contributed by atoms with Gasteiger partial charge in [-0.25, -0.2) is 0 Å². The highest BCUT2D eigenvalue weighted by atomic mass is 16.5. The van der Waals surface area contributed by atoms with Gasteiger partial charge in [-0.3, -0.25) is 4.79 Å². The Bertz CT molecular complexity index is 650. The van der Waals surface area contributed by atoms with E-state index in [1.165, 1.54) is 11.1 Å². The molecule has 1 N–H and O–H groups in total. The molecule has 0 aromatic heterocycles. The van der Waals surface area contributed by atoms with Crippen LogP contribution in [0, 0.1) is 13.8 Å². The minimum Gasteiger partial charge on any atom is -0.496 e. The highest BCUT2D eigenvalue weighted by Gasteiger charge is 2.07. The van der Waals surface area contributed by atoms with Gasteiger partial charge in [0.2, 0.25) is 0 Å². The maximum absolute atomic E-state index is 12.1. The van der Waals surface area contributed by atoms with Crippen LogP contribution in [0.2, 0.25) is 0 Å². The van der Waals surface area contributed by atoms with Gasteiger partial charge in [0.1, 0.15) is 5.75 Å². The van der Waals surface area contributed by atoms with E-state index in [-0.39, 0.29) is 5.91 Å². The molecule has 0 aliphatic carbocycles. The normalized spacial score (nSPS) is 10.3. The molecule has 1 amide bonds. The van der Waals surface area contributed by atoms with Crippen molar-refractivity contribution in [2.45, 2.75) is 26.7 Å². The fourth-order valence-electron chi connectivity index (χ4n) is 2.48. The van der Waals surface area contributed by atoms with E-state index in [1.54, 1.807) is 13.2 Å². The van der Waals surface area contributed by atoms with Crippen LogP contribution in [0.3, 0.4) is 0 Å². The minimum absolute atomic E-state index is 0.0324. The molecule has 0 aliphatic rings. The molecular weight excluding hydrogens is 274 g/mol. The van der Waals surface area contributed by atoms with Crippen LogP contribution in [-0.2, 0) is 6.42 Å². The maximum atomic E-state index is 12.1. The van der Waals surface area contributed by atoms with E-state index in [0.717, 1.165) is 24.2 Å². The summed E-state index contributed by atoms with van der Waals surface area (Å²) in [6.45, 7) is 4.71. The van der Waals surface area contributed by atoms with Gasteiger partial charge in [0.25, 0.3) is 5.91 Å². The lowest BCUT2D eigenvalue weighted by Crippen LogP contribution is -2.24. The molecule has 0 unspecified atom stereocenters. The number of hydrogen-bond acceptors (Lipinski definition) is 2. The van der Waals surface area contributed by atoms with Gasteiger partial charge in [0, 0.05) is 12.1 Å². The first-order chi connectivity index (χ1) is 10.6. The fraction of sp³-hybridized carbons (Fsp3) is 0.316. The summed E-state index contributed by atoms with van der Waals surface area (Å²) < 4.78 is 5.21. The van der Waals surface area contributed by atoms with Crippen LogP contribution < -0.4 is 10.1 Å². The fourth-order valence-corrected chi connectivity index (χ4v) is 2.48. The Kier molecular flexibility index (Phi) is 5.59. The van der Waals surface area contributed by atoms with E-state index < -0.39 is 0 Å². The third-order valence-electron chi connectivity index (χ3n) is 3.67. The number of rotatable bonds is 6. The molecule has 2 aromatic rings. The highest BCUT2D eigenvalue weighted by molar-refractivity contribution is 5.94. The monoisotopic (exact) mass is 297 g/mol. The molecule has 2 rings (SSSR count). The molecule has 0 saturated heterocycles. The summed E-state index contributed by atoms with van der Waals surface area (Å²) in [5, 5.41) is 2.97. The second-order valence-electron chi connectivity index (χ2n) is 5.53. The van der Waals surface area contributed by atoms with Crippen LogP contribution >= 0.6 is 0 Å². The second-order valence-corrected chi connectivity index (χ2v) is 5.53. The lowest BCUT2D eigenvalue weighted by molar-refractivity contribution is 0.0953. The zero-order chi connectivity index (χ0) is 15.9. The first-order valence-electron chi connectivity index (χ1n) is 7.58. The van der Waals surface area contributed by atoms with E-state index >= 15 is 0 Å². The van der Waals surface area contributed by atoms with Gasteiger partial charge >= 0.3 is 0 Å². The van der Waals surface area contributed by atoms with Gasteiger partial charge in [-0.15, -0.1) is 0 Å². The van der Waals surface area contributed by atoms with Crippen molar-refractivity contribution in [3.8, 4) is 5.75 Å². The minimum atomic E-state index is -0.0324. The molecular formula is C19H23NO2. The Morgan fingerprint density at radius 3 is 2.64 bits per heavy atom. The number of methoxy groups -OCH3 is 1. The molecule has 3 heteroatoms. The summed E-state index contributed by atoms with van der Waals surface area (Å²) in [6.07, 6.45) is 1.91. The molecule has 22 heavy (non-hydrogen) atoms. The van der Waals surface area contributed by atoms with Crippen LogP contribution in [0.4, 0.5) is 0 Å². The van der Waals surface area contributed by atoms with Gasteiger partial charge in [0.05, 0.1) is 7.11 Å². The molecule has 0 fully saturated rings. The van der Waals surface area contributed by atoms with Crippen molar-refractivity contribution < 1.29 is 9.53 Å². The molecule has 0 spiro atoms. The number of aryl methyl sites for hydroxylation is 3. The number of benzene rings is 2. The Morgan fingerprint density at radius 2 is 1.95 bits per heavy atom. The van der Waals surface area contributed by atoms with E-state index in [1.807, 2.05) is 19.1 Å². The van der Waals surface area contributed by atoms with Crippen LogP contribution in [0.1, 0.15) is 33.5 Å². The summed E-state index contributed by atoms with van der Waals surface area (Å²) in [4.78, 5) is 12.1. The summed E-state index contributed by atoms with van der Waals surface area (Å²) >= 11 is 0. The van der Waals surface area contributed by atoms with Crippen molar-refractivity contribution in [1.82, 2.24) is 5.32 Å². The van der Waals surface area contributed by atoms with Gasteiger partial charge in [-0.1, -0.05) is 29.8 Å². The molecule has 0 radical (unpaired) electrons. The average Bonchev–Trinajstić information content (AvgIpc) is 2.51. The van der Waals surface area contributed by atoms with E-state index in [0.29, 0.717) is 12.1 Å². The predicted octanol–water partition coefficient (Wildman–Crippen LogP) is 3.67. The standard InChI is InChI=1S/C19H23NO2/c1-14-6-4-7-16(12-14)8-5-11-20-19(21)17-9-10-18(22-3)15(2)13-17/h4,6-7,9-10,12-13H,5,8,11H2,1-3H3,(H,20,21). The lowest BCUT2D eigenvalue weighted by atomic mass is 10.1. The third kappa shape index (κ3) is 4.35. The molecule has 2 aromatic carbocycles. The summed E-state index contributed by atoms with van der Waals surface area (Å²) in [5.41, 5.74) is 4.23. The molecule has 0 atom stereocenters. The molecule has 116 valence electrons. The predicted molar refractivity (Wildman–Crippen MR) is 89.6 cm³/mol. The molecule has 0 bridgehead atoms. The lowest BCUT2D eigenvalue weighted by Gasteiger charge is -2.08. The molecule has 0 saturated carbocycles. The number of amides is 1. The number of carbonyl (C=O) groups is 1. The molecule has 3 nitrogen and oxygen atoms in total. The average molecular weight is 297 g/mol. The van der Waals surface area contributed by atoms with Crippen molar-refractivity contribution in [3.05, 3.63) is 64.7 Å². The van der Waals surface area contributed by atoms with E-state index in [9.17, 15) is 4.79 Å². The summed E-state index contributed by atoms with van der Waals surface area (Å²) in [5.74, 6) is 0.769. The van der Waals surface area contributed by atoms with Crippen molar-refractivity contribution in [1.29, 1.82) is 0 Å². The van der Waals surface area contributed by atoms with Crippen molar-refractivity contribution in [2.75, 3.05) is 13.7 Å². The highest BCUT2D eigenvalue weighted by Crippen LogP contribution is 2.18. The first-order valence-corrected chi connectivity index (χ1v) is 7.58. The van der Waals surface area contributed by atoms with Gasteiger partial charge in [-0.2, -0.15) is 0 Å². The number of ether oxygens (including phenoxy) is 1. The Balaban J connectivity index is 1.81. The zero-order valence-electron chi connectivity index (χ0n) is 13.5. The smallest absolute Gasteiger partial charge is 0.251 e. The van der Waals surface area contributed by atoms with Gasteiger partial charge < -0.3 is 10.1 Å². The Labute approximate surface area is 132 Å². The molecule has 0 heterocycles. The van der Waals surface area contributed by atoms with Crippen LogP contribution in [0.25, 0.3) is 0 Å². The van der Waals surface area contributed by atoms with E-state index in [4.69, 9.17) is 4.74 Å². The van der Waals surface area contributed by atoms with E-state index in [2.05, 4.69) is 36.5 Å². The zero-order valence-corrected chi connectivity index (χ0v) is 13.5. The second kappa shape index (κ2) is 7.64. The third-order valence-corrected chi connectivity index (χ3v) is 3.67. The Hall–Kier alpha value is -2.29. The number of hydrogen-bond donors (Lipinski definition) is 1. The maximum Gasteiger partial charge on any atom is 0.251 e. The Morgan fingerprint density at radius 1 is 1.14 bits per heavy atom. The van der Waals surface area contributed by atoms with Crippen LogP contribution in [0.15, 0.2) is 42.5 Å². The number of nitrogens with one attached hydrogen (secondary N) is 1. The first kappa shape index (κ1) is 16.1. The summed E-state index contributed by atoms with van der Waals surface area (Å²) in [7, 11) is 1.63. The largest absolute Gasteiger partial charge is 0.496 e. The van der Waals surface area contributed by atoms with Crippen molar-refractivity contribution >= 4 is 5.91 Å². The van der Waals surface area contributed by atoms with Crippen LogP contribution in [-0.4, -0.2) is 19.6 Å². The van der Waals surface area contributed by atoms with Crippen LogP contribution in [0.5, 0.6) is 5.75 Å². The quantitative estimate of drug-likeness (QED) is 0.826. The van der Waals surface area contributed by atoms with Crippen molar-refractivity contribution in [2.24, 2.45) is 0 Å².